The molecule has 0 unspecified atom stereocenters. The van der Waals surface area contributed by atoms with Crippen molar-refractivity contribution in [3.8, 4) is 34.0 Å². The first kappa shape index (κ1) is 100. The number of hydrogen-bond acceptors (Lipinski definition) is 28. The van der Waals surface area contributed by atoms with Gasteiger partial charge in [-0.25, -0.2) is 9.59 Å². The van der Waals surface area contributed by atoms with E-state index in [2.05, 4.69) is 143 Å². The molecule has 586 valence electrons. The van der Waals surface area contributed by atoms with Crippen molar-refractivity contribution >= 4 is 178 Å². The molecule has 0 atom stereocenters. The van der Waals surface area contributed by atoms with Gasteiger partial charge in [0.05, 0.1) is 54.1 Å². The molecule has 14 rings (SSSR count). The largest absolute Gasteiger partial charge is 1.00 e. The molecular weight excluding hydrogens is 1790 g/mol. The molecule has 0 aliphatic heterocycles. The Balaban J connectivity index is 0.000000353. The number of aldehydes is 1. The summed E-state index contributed by atoms with van der Waals surface area (Å²) in [7, 11) is 11.8. The number of ether oxygens (including phenoxy) is 3. The summed E-state index contributed by atoms with van der Waals surface area (Å²) < 4.78 is 61.4. The molecule has 40 nitrogen and oxygen atoms in total. The van der Waals surface area contributed by atoms with E-state index in [4.69, 9.17) is 72.1 Å². The molecule has 1 amide bonds. The van der Waals surface area contributed by atoms with Gasteiger partial charge in [0.1, 0.15) is 56.1 Å². The van der Waals surface area contributed by atoms with E-state index in [1.54, 1.807) is 188 Å². The number of hydrogen-bond donors (Lipinski definition) is 3. The number of nitrogens with two attached hydrogens (primary N) is 1. The quantitative estimate of drug-likeness (QED) is 0.0181. The number of carboxylic acid groups (broad SMARTS) is 1. The molecule has 49 heteroatoms. The third kappa shape index (κ3) is 28.4. The van der Waals surface area contributed by atoms with E-state index in [1.807, 2.05) is 26.5 Å². The van der Waals surface area contributed by atoms with Crippen LogP contribution in [0.3, 0.4) is 0 Å². The van der Waals surface area contributed by atoms with Gasteiger partial charge < -0.3 is 44.9 Å². The number of nitrogens with one attached hydrogen (secondary N) is 1. The van der Waals surface area contributed by atoms with Crippen LogP contribution in [-0.2, 0) is 57.4 Å². The van der Waals surface area contributed by atoms with Crippen LogP contribution < -0.4 is 98.5 Å². The average molecular weight is 1850 g/mol. The van der Waals surface area contributed by atoms with Crippen molar-refractivity contribution in [1.82, 2.24) is 88.6 Å². The maximum absolute atomic E-state index is 13.0. The second kappa shape index (κ2) is 47.8. The summed E-state index contributed by atoms with van der Waals surface area (Å²) in [6.45, 7) is 0. The molecule has 0 aliphatic rings. The summed E-state index contributed by atoms with van der Waals surface area (Å²) in [5.41, 5.74) is 31.5. The number of carboxylic acids is 1. The number of nitrogens with zero attached hydrogens (tertiary/aromatic N) is 25. The van der Waals surface area contributed by atoms with Crippen molar-refractivity contribution in [3.63, 3.8) is 0 Å². The second-order valence-corrected chi connectivity index (χ2v) is 26.4. The van der Waals surface area contributed by atoms with Gasteiger partial charge in [-0.15, -0.1) is 0 Å². The topological polar surface area (TPSA) is 559 Å². The summed E-state index contributed by atoms with van der Waals surface area (Å²) in [6.07, 6.45) is 31.6. The Morgan fingerprint density at radius 2 is 0.931 bits per heavy atom. The van der Waals surface area contributed by atoms with Gasteiger partial charge in [0, 0.05) is 250 Å². The van der Waals surface area contributed by atoms with Crippen molar-refractivity contribution in [2.75, 3.05) is 39.4 Å². The van der Waals surface area contributed by atoms with Gasteiger partial charge in [-0.3, -0.25) is 81.0 Å². The van der Waals surface area contributed by atoms with Gasteiger partial charge in [0.2, 0.25) is 0 Å². The molecule has 2 aromatic carbocycles. The number of fused-ring (bicyclic) bond motifs is 4. The summed E-state index contributed by atoms with van der Waals surface area (Å²) >= 11 is 21.8. The van der Waals surface area contributed by atoms with E-state index < -0.39 is 22.3 Å². The fourth-order valence-electron chi connectivity index (χ4n) is 9.73. The smallest absolute Gasteiger partial charge is 0.870 e. The molecule has 0 aliphatic carbocycles. The number of amides is 1. The zero-order chi connectivity index (χ0) is 82.1. The molecule has 0 spiro atoms. The minimum Gasteiger partial charge on any atom is -0.870 e. The summed E-state index contributed by atoms with van der Waals surface area (Å²) in [4.78, 5) is 78.1. The van der Waals surface area contributed by atoms with Crippen molar-refractivity contribution < 1.29 is 139 Å². The predicted molar refractivity (Wildman–Crippen MR) is 426 cm³/mol. The number of methoxy groups -OCH3 is 3. The van der Waals surface area contributed by atoms with E-state index in [1.165, 1.54) is 38.1 Å². The number of aromatic nitrogens is 18. The number of anilines is 2. The van der Waals surface area contributed by atoms with Crippen LogP contribution in [0.25, 0.3) is 87.0 Å². The average Bonchev–Trinajstić information content (AvgIpc) is 1.68. The van der Waals surface area contributed by atoms with Gasteiger partial charge in [-0.05, 0) is 95.3 Å². The molecular formula is C67H61Br3Cl2LiN27Na2O13S. The Morgan fingerprint density at radius 3 is 1.35 bits per heavy atom. The third-order valence-corrected chi connectivity index (χ3v) is 16.4. The molecule has 14 aromatic rings. The molecule has 5 N–H and O–H groups in total. The van der Waals surface area contributed by atoms with Crippen molar-refractivity contribution in [2.24, 2.45) is 57.5 Å². The minimum absolute atomic E-state index is 0. The number of carbonyl (C=O) groups is 4. The number of halogens is 5. The van der Waals surface area contributed by atoms with Gasteiger partial charge >= 0.3 is 89.9 Å². The van der Waals surface area contributed by atoms with Crippen LogP contribution in [0.4, 0.5) is 22.7 Å². The SMILES string of the molecule is CN=Cc1cncc(Br)c1N=[N+]=[N-].COC(=O)c1cncc2cn(C)nc12.COc1ccc(Cl)cc1-c1nn(C)cc1N.COc1ccc(Cl)cc1-c1nn(C)cc1NC(=O)c1cncc2cn(C)nc12.Cn1cc2cncc(Br)c2n1.Cn1cc2cncc(C(=O)O)c2n1.O=S(=O)([O-])[O-].[Li+].[N-]=[N+]=Nc1c(Br)cncc1C=O.[Na+].[Na+].[OH-]. The van der Waals surface area contributed by atoms with Crippen LogP contribution in [0.15, 0.2) is 177 Å². The first-order valence-electron chi connectivity index (χ1n) is 31.1. The molecule has 12 heterocycles. The number of aryl methyl sites for hydroxylation is 6. The summed E-state index contributed by atoms with van der Waals surface area (Å²) in [5, 5.41) is 48.7. The number of aliphatic imine (C=N–C) groups is 1. The van der Waals surface area contributed by atoms with Gasteiger partial charge in [-0.2, -0.15) is 30.6 Å². The van der Waals surface area contributed by atoms with Crippen molar-refractivity contribution in [1.29, 1.82) is 0 Å². The number of azide groups is 2. The number of nitrogen functional groups attached to an aromatic ring is 1. The van der Waals surface area contributed by atoms with Gasteiger partial charge in [-0.1, -0.05) is 33.4 Å². The summed E-state index contributed by atoms with van der Waals surface area (Å²) in [5.74, 6) is -0.437. The number of pyridine rings is 6. The maximum atomic E-state index is 13.0. The number of esters is 1. The Hall–Kier alpha value is -10.1. The molecule has 0 saturated heterocycles. The predicted octanol–water partition coefficient (Wildman–Crippen LogP) is 3.70. The normalized spacial score (nSPS) is 10.1. The molecule has 0 saturated carbocycles. The van der Waals surface area contributed by atoms with Crippen LogP contribution in [0.1, 0.15) is 47.0 Å². The van der Waals surface area contributed by atoms with E-state index in [0.29, 0.717) is 104 Å². The molecule has 0 fully saturated rings. The minimum atomic E-state index is -5.17. The van der Waals surface area contributed by atoms with Crippen LogP contribution in [0.5, 0.6) is 11.5 Å². The van der Waals surface area contributed by atoms with Crippen molar-refractivity contribution in [3.05, 3.63) is 220 Å². The van der Waals surface area contributed by atoms with Crippen LogP contribution in [-0.4, -0.2) is 175 Å². The maximum Gasteiger partial charge on any atom is 1.00 e. The number of rotatable bonds is 12. The summed E-state index contributed by atoms with van der Waals surface area (Å²) in [6, 6.07) is 10.6. The van der Waals surface area contributed by atoms with E-state index in [9.17, 15) is 19.2 Å². The Bertz CT molecular complexity index is 6020. The van der Waals surface area contributed by atoms with Gasteiger partial charge in [0.15, 0.2) is 6.29 Å². The van der Waals surface area contributed by atoms with E-state index in [-0.39, 0.29) is 106 Å². The van der Waals surface area contributed by atoms with Gasteiger partial charge in [0.25, 0.3) is 5.91 Å². The molecule has 12 aromatic heterocycles. The number of carbonyl (C=O) groups excluding carboxylic acids is 3. The molecule has 0 bridgehead atoms. The van der Waals surface area contributed by atoms with Crippen LogP contribution >= 0.6 is 71.0 Å². The third-order valence-electron chi connectivity index (χ3n) is 14.2. The zero-order valence-corrected chi connectivity index (χ0v) is 74.5. The molecule has 0 radical (unpaired) electrons. The Kier molecular flexibility index (Phi) is 41.2. The Morgan fingerprint density at radius 1 is 0.560 bits per heavy atom. The Labute approximate surface area is 749 Å². The first-order chi connectivity index (χ1) is 53.3. The second-order valence-electron chi connectivity index (χ2n) is 22.2. The fourth-order valence-corrected chi connectivity index (χ4v) is 11.3. The number of aromatic carboxylic acids is 1. The zero-order valence-electron chi connectivity index (χ0n) is 63.5. The molecule has 116 heavy (non-hydrogen) atoms. The monoisotopic (exact) mass is 1840 g/mol. The van der Waals surface area contributed by atoms with Crippen molar-refractivity contribution in [2.45, 2.75) is 0 Å². The van der Waals surface area contributed by atoms with Crippen LogP contribution in [0, 0.1) is 0 Å². The standard InChI is InChI=1S/C19H17ClN6O2.C11H12ClN3O.C9H9N3O2.C8H7N3O2.C7H6BrN5.C7H6BrN3.C6H3BrN4O.Li.2Na.H2O4S.H2O/c1-25-9-11-7-21-8-14(17(11)23-25)19(27)22-15-10-26(2)24-18(15)13-6-12(20)4-5-16(13)28-3;1-15-6-9(13)11(14-15)8-5-7(12)3-4-10(8)16-2;1-12-5-6-3-10-4-7(8(6)11-12)9(13)14-2;1-11-4-5-2-9-3-6(8(12)13)7(5)10-11;1-10-2-5-3-11-4-6(8)7(5)12-13-9;1-11-4-5-2-9-3-6(8)7(5)10-11;7-5-2-9-1-4(3-12)6(5)10-11-8;;;;1-5(2,3)4;/h4-10H,1-3H3,(H,22,27);3-6H,13H2,1-2H3;3-5H,1-2H3;2-4H,1H3,(H,12,13);2-4H,1H3;2-4H,1H3;1-3H;;;;(H2,1,2,3,4);1H2/q;;;;;;;3*+1;;/p-3. The van der Waals surface area contributed by atoms with E-state index in [0.717, 1.165) is 37.1 Å². The van der Waals surface area contributed by atoms with Crippen LogP contribution in [0.2, 0.25) is 10.0 Å². The van der Waals surface area contributed by atoms with E-state index >= 15 is 0 Å². The number of benzene rings is 2. The first-order valence-corrected chi connectivity index (χ1v) is 35.6. The fraction of sp³-hybridized carbons (Fsp3) is 0.149.